The molecule has 0 spiro atoms. The Kier molecular flexibility index (Phi) is 5.06. The summed E-state index contributed by atoms with van der Waals surface area (Å²) in [6.07, 6.45) is 0.606. The summed E-state index contributed by atoms with van der Waals surface area (Å²) in [5.41, 5.74) is -0.491. The molecule has 1 aromatic carbocycles. The summed E-state index contributed by atoms with van der Waals surface area (Å²) in [5.74, 6) is -0.781. The Bertz CT molecular complexity index is 447. The van der Waals surface area contributed by atoms with Gasteiger partial charge in [-0.05, 0) is 18.6 Å². The smallest absolute Gasteiger partial charge is 0.282 e. The van der Waals surface area contributed by atoms with Gasteiger partial charge in [-0.3, -0.25) is 14.9 Å². The molecule has 0 radical (unpaired) electrons. The van der Waals surface area contributed by atoms with Crippen LogP contribution in [-0.2, 0) is 4.74 Å². The summed E-state index contributed by atoms with van der Waals surface area (Å²) in [6, 6.07) is 3.34. The minimum absolute atomic E-state index is 0.155. The predicted molar refractivity (Wildman–Crippen MR) is 63.6 cm³/mol. The molecular weight excluding hydrogens is 240 g/mol. The summed E-state index contributed by atoms with van der Waals surface area (Å²) in [4.78, 5) is 21.8. The standard InChI is InChI=1S/C11H14N2O5/c1-18-6-2-5-12-11(15)9-7-8(14)3-4-10(9)13(16)17/h3-4,7,14H,2,5-6H2,1H3,(H,12,15). The summed E-state index contributed by atoms with van der Waals surface area (Å²) >= 11 is 0. The molecule has 0 aliphatic rings. The Hall–Kier alpha value is -2.15. The van der Waals surface area contributed by atoms with Crippen molar-refractivity contribution in [2.75, 3.05) is 20.3 Å². The van der Waals surface area contributed by atoms with Gasteiger partial charge in [0.05, 0.1) is 4.92 Å². The first-order valence-electron chi connectivity index (χ1n) is 5.30. The molecule has 0 heterocycles. The molecule has 0 aromatic heterocycles. The number of hydrogen-bond donors (Lipinski definition) is 2. The summed E-state index contributed by atoms with van der Waals surface area (Å²) in [7, 11) is 1.54. The molecule has 1 rings (SSSR count). The lowest BCUT2D eigenvalue weighted by atomic mass is 10.1. The molecule has 98 valence electrons. The zero-order chi connectivity index (χ0) is 13.5. The lowest BCUT2D eigenvalue weighted by Gasteiger charge is -2.05. The third kappa shape index (κ3) is 3.70. The van der Waals surface area contributed by atoms with Crippen LogP contribution < -0.4 is 5.32 Å². The van der Waals surface area contributed by atoms with Crippen LogP contribution in [0.2, 0.25) is 0 Å². The number of carbonyl (C=O) groups excluding carboxylic acids is 1. The van der Waals surface area contributed by atoms with Crippen LogP contribution in [0.3, 0.4) is 0 Å². The molecule has 0 aliphatic heterocycles. The number of nitrogens with zero attached hydrogens (tertiary/aromatic N) is 1. The number of rotatable bonds is 6. The third-order valence-corrected chi connectivity index (χ3v) is 2.23. The second-order valence-electron chi connectivity index (χ2n) is 3.56. The van der Waals surface area contributed by atoms with Crippen molar-refractivity contribution in [1.82, 2.24) is 5.32 Å². The molecule has 0 aliphatic carbocycles. The molecule has 7 nitrogen and oxygen atoms in total. The normalized spacial score (nSPS) is 10.1. The van der Waals surface area contributed by atoms with Gasteiger partial charge in [0.2, 0.25) is 0 Å². The predicted octanol–water partition coefficient (Wildman–Crippen LogP) is 1.07. The number of methoxy groups -OCH3 is 1. The van der Waals surface area contributed by atoms with E-state index in [2.05, 4.69) is 5.32 Å². The molecule has 0 fully saturated rings. The third-order valence-electron chi connectivity index (χ3n) is 2.23. The van der Waals surface area contributed by atoms with Crippen molar-refractivity contribution < 1.29 is 19.6 Å². The number of phenolic OH excluding ortho intramolecular Hbond substituents is 1. The fraction of sp³-hybridized carbons (Fsp3) is 0.364. The highest BCUT2D eigenvalue weighted by atomic mass is 16.6. The van der Waals surface area contributed by atoms with E-state index in [9.17, 15) is 20.0 Å². The number of amides is 1. The first-order valence-corrected chi connectivity index (χ1v) is 5.30. The van der Waals surface area contributed by atoms with E-state index in [1.807, 2.05) is 0 Å². The number of hydrogen-bond acceptors (Lipinski definition) is 5. The zero-order valence-electron chi connectivity index (χ0n) is 9.88. The minimum atomic E-state index is -0.663. The van der Waals surface area contributed by atoms with Crippen LogP contribution in [-0.4, -0.2) is 36.2 Å². The van der Waals surface area contributed by atoms with Crippen molar-refractivity contribution in [1.29, 1.82) is 0 Å². The van der Waals surface area contributed by atoms with Crippen molar-refractivity contribution in [3.8, 4) is 5.75 Å². The van der Waals surface area contributed by atoms with Gasteiger partial charge in [-0.25, -0.2) is 0 Å². The second-order valence-corrected chi connectivity index (χ2v) is 3.56. The van der Waals surface area contributed by atoms with Gasteiger partial charge in [0.1, 0.15) is 11.3 Å². The fourth-order valence-electron chi connectivity index (χ4n) is 1.38. The van der Waals surface area contributed by atoms with E-state index < -0.39 is 10.8 Å². The van der Waals surface area contributed by atoms with E-state index in [-0.39, 0.29) is 17.0 Å². The summed E-state index contributed by atoms with van der Waals surface area (Å²) in [6.45, 7) is 0.835. The molecule has 1 aromatic rings. The molecule has 1 amide bonds. The Balaban J connectivity index is 2.77. The molecule has 0 saturated carbocycles. The average Bonchev–Trinajstić information content (AvgIpc) is 2.34. The zero-order valence-corrected chi connectivity index (χ0v) is 9.88. The molecule has 0 bridgehead atoms. The van der Waals surface area contributed by atoms with Crippen LogP contribution in [0.25, 0.3) is 0 Å². The van der Waals surface area contributed by atoms with Gasteiger partial charge in [0.25, 0.3) is 11.6 Å². The van der Waals surface area contributed by atoms with Gasteiger partial charge < -0.3 is 15.2 Å². The van der Waals surface area contributed by atoms with Crippen molar-refractivity contribution >= 4 is 11.6 Å². The molecule has 0 atom stereocenters. The van der Waals surface area contributed by atoms with Gasteiger partial charge in [-0.1, -0.05) is 0 Å². The van der Waals surface area contributed by atoms with Crippen molar-refractivity contribution in [2.45, 2.75) is 6.42 Å². The van der Waals surface area contributed by atoms with Crippen LogP contribution in [0.1, 0.15) is 16.8 Å². The van der Waals surface area contributed by atoms with Gasteiger partial charge in [-0.15, -0.1) is 0 Å². The van der Waals surface area contributed by atoms with E-state index in [4.69, 9.17) is 4.74 Å². The van der Waals surface area contributed by atoms with Gasteiger partial charge >= 0.3 is 0 Å². The first-order chi connectivity index (χ1) is 8.56. The minimum Gasteiger partial charge on any atom is -0.508 e. The van der Waals surface area contributed by atoms with E-state index in [1.54, 1.807) is 7.11 Å². The molecular formula is C11H14N2O5. The van der Waals surface area contributed by atoms with Crippen LogP contribution in [0.15, 0.2) is 18.2 Å². The topological polar surface area (TPSA) is 102 Å². The van der Waals surface area contributed by atoms with Crippen LogP contribution in [0, 0.1) is 10.1 Å². The Morgan fingerprint density at radius 3 is 2.89 bits per heavy atom. The van der Waals surface area contributed by atoms with Gasteiger partial charge in [0, 0.05) is 26.3 Å². The summed E-state index contributed by atoms with van der Waals surface area (Å²) < 4.78 is 4.81. The van der Waals surface area contributed by atoms with Crippen molar-refractivity contribution in [3.63, 3.8) is 0 Å². The average molecular weight is 254 g/mol. The van der Waals surface area contributed by atoms with E-state index >= 15 is 0 Å². The lowest BCUT2D eigenvalue weighted by molar-refractivity contribution is -0.385. The number of aromatic hydroxyl groups is 1. The number of ether oxygens (including phenoxy) is 1. The van der Waals surface area contributed by atoms with E-state index in [0.717, 1.165) is 12.1 Å². The van der Waals surface area contributed by atoms with E-state index in [0.29, 0.717) is 19.6 Å². The maximum atomic E-state index is 11.7. The number of nitro benzene ring substituents is 1. The van der Waals surface area contributed by atoms with Crippen LogP contribution >= 0.6 is 0 Å². The molecule has 18 heavy (non-hydrogen) atoms. The Labute approximate surface area is 104 Å². The van der Waals surface area contributed by atoms with Crippen molar-refractivity contribution in [3.05, 3.63) is 33.9 Å². The monoisotopic (exact) mass is 254 g/mol. The molecule has 0 saturated heterocycles. The Morgan fingerprint density at radius 1 is 1.56 bits per heavy atom. The largest absolute Gasteiger partial charge is 0.508 e. The van der Waals surface area contributed by atoms with Crippen molar-refractivity contribution in [2.24, 2.45) is 0 Å². The number of benzene rings is 1. The SMILES string of the molecule is COCCCNC(=O)c1cc(O)ccc1[N+](=O)[O-]. The van der Waals surface area contributed by atoms with Crippen LogP contribution in [0.4, 0.5) is 5.69 Å². The molecule has 2 N–H and O–H groups in total. The van der Waals surface area contributed by atoms with Crippen LogP contribution in [0.5, 0.6) is 5.75 Å². The highest BCUT2D eigenvalue weighted by molar-refractivity contribution is 5.98. The van der Waals surface area contributed by atoms with Gasteiger partial charge in [0.15, 0.2) is 0 Å². The number of phenols is 1. The highest BCUT2D eigenvalue weighted by Crippen LogP contribution is 2.22. The van der Waals surface area contributed by atoms with Gasteiger partial charge in [-0.2, -0.15) is 0 Å². The summed E-state index contributed by atoms with van der Waals surface area (Å²) in [5, 5.41) is 22.5. The second kappa shape index (κ2) is 6.55. The highest BCUT2D eigenvalue weighted by Gasteiger charge is 2.20. The van der Waals surface area contributed by atoms with E-state index in [1.165, 1.54) is 6.07 Å². The number of nitrogens with one attached hydrogen (secondary N) is 1. The number of carbonyl (C=O) groups is 1. The maximum Gasteiger partial charge on any atom is 0.282 e. The number of nitro groups is 1. The maximum absolute atomic E-state index is 11.7. The molecule has 7 heteroatoms. The lowest BCUT2D eigenvalue weighted by Crippen LogP contribution is -2.25. The quantitative estimate of drug-likeness (QED) is 0.449. The first kappa shape index (κ1) is 13.9. The fourth-order valence-corrected chi connectivity index (χ4v) is 1.38. The molecule has 0 unspecified atom stereocenters. The Morgan fingerprint density at radius 2 is 2.28 bits per heavy atom.